The second-order valence-electron chi connectivity index (χ2n) is 4.32. The number of hydrogen-bond donors (Lipinski definition) is 2. The van der Waals surface area contributed by atoms with Gasteiger partial charge in [-0.15, -0.1) is 0 Å². The van der Waals surface area contributed by atoms with E-state index in [1.165, 1.54) is 0 Å². The molecule has 6 nitrogen and oxygen atoms in total. The monoisotopic (exact) mass is 324 g/mol. The van der Waals surface area contributed by atoms with Crippen LogP contribution in [0.2, 0.25) is 0 Å². The van der Waals surface area contributed by atoms with Crippen molar-refractivity contribution in [2.45, 2.75) is 32.9 Å². The minimum Gasteiger partial charge on any atom is -0.270 e. The van der Waals surface area contributed by atoms with Crippen LogP contribution in [0.4, 0.5) is 0 Å². The molecule has 0 bridgehead atoms. The quantitative estimate of drug-likeness (QED) is 0.646. The zero-order chi connectivity index (χ0) is 13.8. The molecule has 2 heterocycles. The summed E-state index contributed by atoms with van der Waals surface area (Å²) in [6, 6.07) is -0.288. The molecule has 2 aromatic heterocycles. The standard InChI is InChI=1S/C12H17BrN6/c1-3-4-19-11(9(13)7-17-19)10(18-14)12-15-5-8(2)6-16-12/h5-7,10,18H,3-4,14H2,1-2H3. The average molecular weight is 325 g/mol. The van der Waals surface area contributed by atoms with Crippen molar-refractivity contribution in [2.75, 3.05) is 0 Å². The Morgan fingerprint density at radius 1 is 1.37 bits per heavy atom. The van der Waals surface area contributed by atoms with Gasteiger partial charge < -0.3 is 0 Å². The molecule has 0 aromatic carbocycles. The van der Waals surface area contributed by atoms with E-state index in [9.17, 15) is 0 Å². The van der Waals surface area contributed by atoms with Crippen LogP contribution in [0.15, 0.2) is 23.1 Å². The fraction of sp³-hybridized carbons (Fsp3) is 0.417. The van der Waals surface area contributed by atoms with E-state index in [2.05, 4.69) is 43.3 Å². The Hall–Kier alpha value is -1.31. The van der Waals surface area contributed by atoms with Gasteiger partial charge in [-0.05, 0) is 34.8 Å². The lowest BCUT2D eigenvalue weighted by Crippen LogP contribution is -2.32. The lowest BCUT2D eigenvalue weighted by atomic mass is 10.2. The van der Waals surface area contributed by atoms with E-state index >= 15 is 0 Å². The third kappa shape index (κ3) is 2.99. The van der Waals surface area contributed by atoms with Crippen LogP contribution in [0, 0.1) is 6.92 Å². The molecule has 0 aliphatic heterocycles. The van der Waals surface area contributed by atoms with E-state index in [0.29, 0.717) is 5.82 Å². The molecule has 0 aliphatic rings. The van der Waals surface area contributed by atoms with Gasteiger partial charge in [-0.3, -0.25) is 10.5 Å². The molecule has 0 saturated carbocycles. The Balaban J connectivity index is 2.41. The van der Waals surface area contributed by atoms with Crippen LogP contribution in [0.1, 0.15) is 36.5 Å². The largest absolute Gasteiger partial charge is 0.270 e. The first-order valence-electron chi connectivity index (χ1n) is 6.13. The molecule has 7 heteroatoms. The number of rotatable bonds is 5. The normalized spacial score (nSPS) is 12.6. The van der Waals surface area contributed by atoms with Crippen LogP contribution in [-0.2, 0) is 6.54 Å². The Kier molecular flexibility index (Phi) is 4.62. The number of nitrogens with one attached hydrogen (secondary N) is 1. The summed E-state index contributed by atoms with van der Waals surface area (Å²) < 4.78 is 2.81. The van der Waals surface area contributed by atoms with E-state index < -0.39 is 0 Å². The Morgan fingerprint density at radius 3 is 2.63 bits per heavy atom. The van der Waals surface area contributed by atoms with Crippen molar-refractivity contribution in [1.29, 1.82) is 0 Å². The lowest BCUT2D eigenvalue weighted by molar-refractivity contribution is 0.505. The third-order valence-electron chi connectivity index (χ3n) is 2.77. The van der Waals surface area contributed by atoms with Crippen LogP contribution >= 0.6 is 15.9 Å². The van der Waals surface area contributed by atoms with Crippen molar-refractivity contribution in [3.63, 3.8) is 0 Å². The molecule has 3 N–H and O–H groups in total. The van der Waals surface area contributed by atoms with Gasteiger partial charge in [0.1, 0.15) is 6.04 Å². The first kappa shape index (κ1) is 14.1. The van der Waals surface area contributed by atoms with Crippen molar-refractivity contribution in [3.05, 3.63) is 40.1 Å². The molecular weight excluding hydrogens is 308 g/mol. The third-order valence-corrected chi connectivity index (χ3v) is 3.38. The summed E-state index contributed by atoms with van der Waals surface area (Å²) in [4.78, 5) is 8.66. The van der Waals surface area contributed by atoms with Crippen LogP contribution in [0.3, 0.4) is 0 Å². The fourth-order valence-corrected chi connectivity index (χ4v) is 2.40. The SMILES string of the molecule is CCCn1ncc(Br)c1C(NN)c1ncc(C)cn1. The summed E-state index contributed by atoms with van der Waals surface area (Å²) in [5.41, 5.74) is 4.72. The average Bonchev–Trinajstić information content (AvgIpc) is 2.76. The number of halogens is 1. The van der Waals surface area contributed by atoms with Crippen molar-refractivity contribution in [1.82, 2.24) is 25.2 Å². The molecule has 102 valence electrons. The maximum Gasteiger partial charge on any atom is 0.152 e. The van der Waals surface area contributed by atoms with E-state index in [1.807, 2.05) is 11.6 Å². The molecule has 0 fully saturated rings. The molecule has 2 aromatic rings. The summed E-state index contributed by atoms with van der Waals surface area (Å²) >= 11 is 3.51. The highest BCUT2D eigenvalue weighted by Crippen LogP contribution is 2.26. The summed E-state index contributed by atoms with van der Waals surface area (Å²) in [6.07, 6.45) is 6.32. The number of aryl methyl sites for hydroxylation is 2. The number of hydrazine groups is 1. The minimum absolute atomic E-state index is 0.288. The van der Waals surface area contributed by atoms with E-state index in [4.69, 9.17) is 5.84 Å². The van der Waals surface area contributed by atoms with Crippen LogP contribution in [0.25, 0.3) is 0 Å². The molecule has 0 spiro atoms. The second-order valence-corrected chi connectivity index (χ2v) is 5.17. The zero-order valence-electron chi connectivity index (χ0n) is 11.0. The van der Waals surface area contributed by atoms with Gasteiger partial charge in [0.25, 0.3) is 0 Å². The lowest BCUT2D eigenvalue weighted by Gasteiger charge is -2.17. The molecule has 0 amide bonds. The Labute approximate surface area is 120 Å². The smallest absolute Gasteiger partial charge is 0.152 e. The Bertz CT molecular complexity index is 536. The summed E-state index contributed by atoms with van der Waals surface area (Å²) in [5, 5.41) is 4.34. The van der Waals surface area contributed by atoms with E-state index in [1.54, 1.807) is 18.6 Å². The molecule has 1 atom stereocenters. The van der Waals surface area contributed by atoms with E-state index in [-0.39, 0.29) is 6.04 Å². The molecular formula is C12H17BrN6. The molecule has 19 heavy (non-hydrogen) atoms. The van der Waals surface area contributed by atoms with Crippen molar-refractivity contribution >= 4 is 15.9 Å². The minimum atomic E-state index is -0.288. The highest BCUT2D eigenvalue weighted by Gasteiger charge is 2.22. The van der Waals surface area contributed by atoms with Crippen LogP contribution in [-0.4, -0.2) is 19.7 Å². The van der Waals surface area contributed by atoms with Gasteiger partial charge in [0.15, 0.2) is 5.82 Å². The summed E-state index contributed by atoms with van der Waals surface area (Å²) in [5.74, 6) is 6.31. The summed E-state index contributed by atoms with van der Waals surface area (Å²) in [6.45, 7) is 4.88. The first-order chi connectivity index (χ1) is 9.17. The van der Waals surface area contributed by atoms with Gasteiger partial charge in [0.2, 0.25) is 0 Å². The first-order valence-corrected chi connectivity index (χ1v) is 6.92. The van der Waals surface area contributed by atoms with Crippen molar-refractivity contribution in [2.24, 2.45) is 5.84 Å². The van der Waals surface area contributed by atoms with E-state index in [0.717, 1.165) is 28.7 Å². The molecule has 1 unspecified atom stereocenters. The van der Waals surface area contributed by atoms with Gasteiger partial charge in [-0.1, -0.05) is 6.92 Å². The second kappa shape index (κ2) is 6.23. The summed E-state index contributed by atoms with van der Waals surface area (Å²) in [7, 11) is 0. The maximum atomic E-state index is 5.68. The predicted octanol–water partition coefficient (Wildman–Crippen LogP) is 1.71. The van der Waals surface area contributed by atoms with Gasteiger partial charge in [0, 0.05) is 18.9 Å². The molecule has 0 aliphatic carbocycles. The number of aromatic nitrogens is 4. The topological polar surface area (TPSA) is 81.7 Å². The predicted molar refractivity (Wildman–Crippen MR) is 76.2 cm³/mol. The van der Waals surface area contributed by atoms with Crippen molar-refractivity contribution in [3.8, 4) is 0 Å². The maximum absolute atomic E-state index is 5.68. The number of nitrogens with zero attached hydrogens (tertiary/aromatic N) is 4. The highest BCUT2D eigenvalue weighted by atomic mass is 79.9. The van der Waals surface area contributed by atoms with Gasteiger partial charge >= 0.3 is 0 Å². The zero-order valence-corrected chi connectivity index (χ0v) is 12.6. The van der Waals surface area contributed by atoms with Crippen LogP contribution < -0.4 is 11.3 Å². The van der Waals surface area contributed by atoms with Crippen LogP contribution in [0.5, 0.6) is 0 Å². The van der Waals surface area contributed by atoms with Gasteiger partial charge in [-0.25, -0.2) is 15.4 Å². The van der Waals surface area contributed by atoms with Crippen molar-refractivity contribution < 1.29 is 0 Å². The number of nitrogens with two attached hydrogens (primary N) is 1. The van der Waals surface area contributed by atoms with Gasteiger partial charge in [0.05, 0.1) is 16.4 Å². The van der Waals surface area contributed by atoms with Gasteiger partial charge in [-0.2, -0.15) is 5.10 Å². The molecule has 0 radical (unpaired) electrons. The highest BCUT2D eigenvalue weighted by molar-refractivity contribution is 9.10. The number of hydrogen-bond acceptors (Lipinski definition) is 5. The Morgan fingerprint density at radius 2 is 2.05 bits per heavy atom. The molecule has 0 saturated heterocycles. The fourth-order valence-electron chi connectivity index (χ4n) is 1.88. The molecule has 2 rings (SSSR count).